The molecule has 0 atom stereocenters. The van der Waals surface area contributed by atoms with E-state index in [4.69, 9.17) is 4.42 Å². The van der Waals surface area contributed by atoms with Crippen LogP contribution in [0.3, 0.4) is 0 Å². The molecule has 1 aromatic heterocycles. The van der Waals surface area contributed by atoms with Crippen LogP contribution < -0.4 is 5.32 Å². The Hall–Kier alpha value is -2.07. The Labute approximate surface area is 112 Å². The number of hydrogen-bond donors (Lipinski definition) is 1. The molecular formula is C15H17NO3. The second kappa shape index (κ2) is 6.75. The van der Waals surface area contributed by atoms with Crippen LogP contribution in [0.25, 0.3) is 0 Å². The maximum atomic E-state index is 11.3. The third-order valence-electron chi connectivity index (χ3n) is 2.83. The Kier molecular flexibility index (Phi) is 4.75. The highest BCUT2D eigenvalue weighted by Crippen LogP contribution is 2.06. The van der Waals surface area contributed by atoms with E-state index in [1.165, 1.54) is 7.11 Å². The van der Waals surface area contributed by atoms with Crippen molar-refractivity contribution in [2.75, 3.05) is 13.7 Å². The predicted molar refractivity (Wildman–Crippen MR) is 71.9 cm³/mol. The highest BCUT2D eigenvalue weighted by atomic mass is 16.5. The Bertz CT molecular complexity index is 503. The van der Waals surface area contributed by atoms with Crippen LogP contribution in [-0.2, 0) is 17.7 Å². The van der Waals surface area contributed by atoms with Gasteiger partial charge in [-0.05, 0) is 29.8 Å². The fraction of sp³-hybridized carbons (Fsp3) is 0.267. The van der Waals surface area contributed by atoms with E-state index in [9.17, 15) is 4.79 Å². The summed E-state index contributed by atoms with van der Waals surface area (Å²) in [4.78, 5) is 11.3. The van der Waals surface area contributed by atoms with Crippen LogP contribution in [-0.4, -0.2) is 19.6 Å². The highest BCUT2D eigenvalue weighted by Gasteiger charge is 2.04. The summed E-state index contributed by atoms with van der Waals surface area (Å²) in [5, 5.41) is 3.33. The van der Waals surface area contributed by atoms with Gasteiger partial charge >= 0.3 is 5.97 Å². The standard InChI is InChI=1S/C15H17NO3/c1-18-15(17)13-6-4-12(5-7-13)11-16-9-8-14-3-2-10-19-14/h2-7,10,16H,8-9,11H2,1H3. The number of hydrogen-bond acceptors (Lipinski definition) is 4. The van der Waals surface area contributed by atoms with Gasteiger partial charge in [-0.15, -0.1) is 0 Å². The zero-order valence-corrected chi connectivity index (χ0v) is 10.9. The van der Waals surface area contributed by atoms with Crippen molar-refractivity contribution in [1.82, 2.24) is 5.32 Å². The molecule has 1 N–H and O–H groups in total. The third kappa shape index (κ3) is 3.96. The number of esters is 1. The summed E-state index contributed by atoms with van der Waals surface area (Å²) >= 11 is 0. The summed E-state index contributed by atoms with van der Waals surface area (Å²) in [5.74, 6) is 0.672. The number of methoxy groups -OCH3 is 1. The molecule has 0 amide bonds. The summed E-state index contributed by atoms with van der Waals surface area (Å²) in [6.45, 7) is 1.62. The lowest BCUT2D eigenvalue weighted by molar-refractivity contribution is 0.0600. The van der Waals surface area contributed by atoms with Gasteiger partial charge in [0.1, 0.15) is 5.76 Å². The largest absolute Gasteiger partial charge is 0.469 e. The molecule has 0 saturated carbocycles. The molecule has 0 unspecified atom stereocenters. The van der Waals surface area contributed by atoms with E-state index in [2.05, 4.69) is 10.1 Å². The van der Waals surface area contributed by atoms with Crippen molar-refractivity contribution >= 4 is 5.97 Å². The van der Waals surface area contributed by atoms with Gasteiger partial charge in [0.05, 0.1) is 18.9 Å². The lowest BCUT2D eigenvalue weighted by Gasteiger charge is -2.05. The highest BCUT2D eigenvalue weighted by molar-refractivity contribution is 5.89. The maximum absolute atomic E-state index is 11.3. The van der Waals surface area contributed by atoms with Crippen molar-refractivity contribution in [3.63, 3.8) is 0 Å². The van der Waals surface area contributed by atoms with Crippen molar-refractivity contribution in [2.24, 2.45) is 0 Å². The minimum Gasteiger partial charge on any atom is -0.469 e. The molecule has 0 fully saturated rings. The minimum atomic E-state index is -0.308. The van der Waals surface area contributed by atoms with Crippen molar-refractivity contribution < 1.29 is 13.9 Å². The lowest BCUT2D eigenvalue weighted by Crippen LogP contribution is -2.16. The lowest BCUT2D eigenvalue weighted by atomic mass is 10.1. The van der Waals surface area contributed by atoms with Crippen molar-refractivity contribution in [2.45, 2.75) is 13.0 Å². The van der Waals surface area contributed by atoms with Gasteiger partial charge in [0.25, 0.3) is 0 Å². The second-order valence-electron chi connectivity index (χ2n) is 4.19. The van der Waals surface area contributed by atoms with E-state index in [0.29, 0.717) is 5.56 Å². The quantitative estimate of drug-likeness (QED) is 0.639. The molecule has 0 aliphatic rings. The van der Waals surface area contributed by atoms with Crippen LogP contribution in [0.2, 0.25) is 0 Å². The molecule has 4 nitrogen and oxygen atoms in total. The molecule has 100 valence electrons. The molecule has 4 heteroatoms. The average molecular weight is 259 g/mol. The summed E-state index contributed by atoms with van der Waals surface area (Å²) in [7, 11) is 1.38. The third-order valence-corrected chi connectivity index (χ3v) is 2.83. The first kappa shape index (κ1) is 13.4. The molecule has 0 radical (unpaired) electrons. The number of carbonyl (C=O) groups is 1. The van der Waals surface area contributed by atoms with Gasteiger partial charge < -0.3 is 14.5 Å². The number of nitrogens with one attached hydrogen (secondary N) is 1. The molecule has 1 aromatic carbocycles. The molecular weight excluding hydrogens is 242 g/mol. The number of rotatable bonds is 6. The first-order valence-electron chi connectivity index (χ1n) is 6.20. The first-order valence-corrected chi connectivity index (χ1v) is 6.20. The van der Waals surface area contributed by atoms with E-state index >= 15 is 0 Å². The van der Waals surface area contributed by atoms with Crippen molar-refractivity contribution in [3.05, 3.63) is 59.5 Å². The van der Waals surface area contributed by atoms with E-state index in [0.717, 1.165) is 30.8 Å². The Morgan fingerprint density at radius 1 is 1.26 bits per heavy atom. The zero-order chi connectivity index (χ0) is 13.5. The average Bonchev–Trinajstić information content (AvgIpc) is 2.96. The minimum absolute atomic E-state index is 0.308. The number of ether oxygens (including phenoxy) is 1. The SMILES string of the molecule is COC(=O)c1ccc(CNCCc2ccco2)cc1. The van der Waals surface area contributed by atoms with Gasteiger partial charge in [-0.3, -0.25) is 0 Å². The molecule has 0 aliphatic heterocycles. The Morgan fingerprint density at radius 3 is 2.68 bits per heavy atom. The normalized spacial score (nSPS) is 10.4. The monoisotopic (exact) mass is 259 g/mol. The van der Waals surface area contributed by atoms with Gasteiger partial charge in [-0.1, -0.05) is 12.1 Å². The predicted octanol–water partition coefficient (Wildman–Crippen LogP) is 2.40. The maximum Gasteiger partial charge on any atom is 0.337 e. The van der Waals surface area contributed by atoms with Crippen LogP contribution >= 0.6 is 0 Å². The molecule has 0 bridgehead atoms. The molecule has 0 spiro atoms. The molecule has 2 aromatic rings. The van der Waals surface area contributed by atoms with Gasteiger partial charge in [0, 0.05) is 19.5 Å². The summed E-state index contributed by atoms with van der Waals surface area (Å²) in [6.07, 6.45) is 2.55. The molecule has 1 heterocycles. The number of furan rings is 1. The second-order valence-corrected chi connectivity index (χ2v) is 4.19. The van der Waals surface area contributed by atoms with Crippen LogP contribution in [0, 0.1) is 0 Å². The fourth-order valence-electron chi connectivity index (χ4n) is 1.78. The van der Waals surface area contributed by atoms with Crippen molar-refractivity contribution in [3.8, 4) is 0 Å². The molecule has 0 saturated heterocycles. The van der Waals surface area contributed by atoms with E-state index in [1.54, 1.807) is 18.4 Å². The Morgan fingerprint density at radius 2 is 2.05 bits per heavy atom. The molecule has 0 aliphatic carbocycles. The summed E-state index contributed by atoms with van der Waals surface area (Å²) in [5.41, 5.74) is 1.70. The number of benzene rings is 1. The topological polar surface area (TPSA) is 51.5 Å². The zero-order valence-electron chi connectivity index (χ0n) is 10.9. The van der Waals surface area contributed by atoms with Crippen LogP contribution in [0.4, 0.5) is 0 Å². The van der Waals surface area contributed by atoms with Crippen LogP contribution in [0.5, 0.6) is 0 Å². The van der Waals surface area contributed by atoms with E-state index in [-0.39, 0.29) is 5.97 Å². The summed E-state index contributed by atoms with van der Waals surface area (Å²) in [6, 6.07) is 11.2. The molecule has 19 heavy (non-hydrogen) atoms. The van der Waals surface area contributed by atoms with Gasteiger partial charge in [0.15, 0.2) is 0 Å². The van der Waals surface area contributed by atoms with Gasteiger partial charge in [0.2, 0.25) is 0 Å². The smallest absolute Gasteiger partial charge is 0.337 e. The van der Waals surface area contributed by atoms with Gasteiger partial charge in [-0.25, -0.2) is 4.79 Å². The van der Waals surface area contributed by atoms with Crippen molar-refractivity contribution in [1.29, 1.82) is 0 Å². The number of carbonyl (C=O) groups excluding carboxylic acids is 1. The first-order chi connectivity index (χ1) is 9.29. The Balaban J connectivity index is 1.75. The fourth-order valence-corrected chi connectivity index (χ4v) is 1.78. The molecule has 2 rings (SSSR count). The van der Waals surface area contributed by atoms with Crippen LogP contribution in [0.15, 0.2) is 47.1 Å². The summed E-state index contributed by atoms with van der Waals surface area (Å²) < 4.78 is 9.90. The van der Waals surface area contributed by atoms with E-state index in [1.807, 2.05) is 24.3 Å². The van der Waals surface area contributed by atoms with Gasteiger partial charge in [-0.2, -0.15) is 0 Å². The van der Waals surface area contributed by atoms with Crippen LogP contribution in [0.1, 0.15) is 21.7 Å². The van der Waals surface area contributed by atoms with E-state index < -0.39 is 0 Å².